The number of nitrogens with two attached hydrogens (primary N) is 1. The Labute approximate surface area is 166 Å². The van der Waals surface area contributed by atoms with Crippen molar-refractivity contribution in [1.82, 2.24) is 0 Å². The maximum absolute atomic E-state index is 10.6. The normalized spacial score (nSPS) is 10.3. The Morgan fingerprint density at radius 1 is 0.667 bits per heavy atom. The van der Waals surface area contributed by atoms with Crippen LogP contribution >= 0.6 is 0 Å². The molecule has 0 fully saturated rings. The molecule has 0 spiro atoms. The quantitative estimate of drug-likeness (QED) is 0.292. The van der Waals surface area contributed by atoms with Crippen LogP contribution in [0.15, 0.2) is 0 Å². The number of unbranched alkanes of at least 4 members (excludes halogenated alkanes) is 14. The Morgan fingerprint density at radius 2 is 0.952 bits per heavy atom. The summed E-state index contributed by atoms with van der Waals surface area (Å²) in [7, 11) is 0. The molecule has 2 nitrogen and oxygen atoms in total. The summed E-state index contributed by atoms with van der Waals surface area (Å²) in [6.45, 7) is 2.28. The van der Waals surface area contributed by atoms with Crippen LogP contribution in [-0.4, -0.2) is 43.6 Å². The first-order valence-electron chi connectivity index (χ1n) is 9.05. The minimum atomic E-state index is -0.153. The summed E-state index contributed by atoms with van der Waals surface area (Å²) >= 11 is 0. The largest absolute Gasteiger partial charge is 2.00 e. The molecule has 0 saturated carbocycles. The van der Waals surface area contributed by atoms with E-state index in [1.54, 1.807) is 0 Å². The first kappa shape index (κ1) is 24.0. The molecular formula is C18H39CaNO. The fourth-order valence-corrected chi connectivity index (χ4v) is 2.67. The molecule has 0 aromatic heterocycles. The molecule has 124 valence electrons. The van der Waals surface area contributed by atoms with E-state index >= 15 is 0 Å². The van der Waals surface area contributed by atoms with E-state index in [0.717, 1.165) is 6.42 Å². The summed E-state index contributed by atoms with van der Waals surface area (Å²) in [5.41, 5.74) is 5.11. The van der Waals surface area contributed by atoms with Gasteiger partial charge in [-0.15, -0.1) is 0 Å². The first-order chi connectivity index (χ1) is 9.77. The number of hydrogen-bond donors (Lipinski definition) is 1. The second-order valence-electron chi connectivity index (χ2n) is 6.17. The average molecular weight is 326 g/mol. The van der Waals surface area contributed by atoms with E-state index in [4.69, 9.17) is 5.73 Å². The third kappa shape index (κ3) is 23.1. The van der Waals surface area contributed by atoms with Gasteiger partial charge in [-0.05, 0) is 6.42 Å². The molecule has 3 heteroatoms. The zero-order valence-electron chi connectivity index (χ0n) is 16.5. The molecule has 0 aliphatic rings. The minimum absolute atomic E-state index is 0. The summed E-state index contributed by atoms with van der Waals surface area (Å²) in [5, 5.41) is 0. The Kier molecular flexibility index (Phi) is 23.7. The van der Waals surface area contributed by atoms with Crippen LogP contribution in [0, 0.1) is 0 Å². The van der Waals surface area contributed by atoms with Crippen LogP contribution in [0.3, 0.4) is 0 Å². The van der Waals surface area contributed by atoms with Crippen LogP contribution in [0.4, 0.5) is 0 Å². The van der Waals surface area contributed by atoms with Gasteiger partial charge in [0, 0.05) is 6.42 Å². The number of hydrogen-bond acceptors (Lipinski definition) is 1. The Bertz CT molecular complexity index is 219. The fourth-order valence-electron chi connectivity index (χ4n) is 2.67. The van der Waals surface area contributed by atoms with Gasteiger partial charge in [0.25, 0.3) is 0 Å². The van der Waals surface area contributed by atoms with Crippen LogP contribution < -0.4 is 5.73 Å². The van der Waals surface area contributed by atoms with Crippen molar-refractivity contribution in [3.8, 4) is 0 Å². The van der Waals surface area contributed by atoms with Crippen molar-refractivity contribution < 1.29 is 7.65 Å². The Hall–Kier alpha value is 0.730. The van der Waals surface area contributed by atoms with Gasteiger partial charge >= 0.3 is 37.7 Å². The van der Waals surface area contributed by atoms with Crippen molar-refractivity contribution in [2.24, 2.45) is 5.73 Å². The van der Waals surface area contributed by atoms with Gasteiger partial charge in [-0.25, -0.2) is 0 Å². The molecule has 0 unspecified atom stereocenters. The minimum Gasteiger partial charge on any atom is -1.00 e. The number of primary amides is 1. The SMILES string of the molecule is CCCCCCCCCCCCCCCCCC(N)=O.[Ca+2].[H-].[H-]. The van der Waals surface area contributed by atoms with E-state index in [9.17, 15) is 4.79 Å². The standard InChI is InChI=1S/C18H37NO.Ca.2H/c1-2-3-4-5-6-7-8-9-10-11-12-13-14-15-16-17-18(19)20;;;/h2-17H2,1H3,(H2,19,20);;;/q;+2;2*-1. The summed E-state index contributed by atoms with van der Waals surface area (Å²) in [5.74, 6) is -0.153. The van der Waals surface area contributed by atoms with E-state index in [2.05, 4.69) is 6.92 Å². The molecule has 2 N–H and O–H groups in total. The van der Waals surface area contributed by atoms with Crippen molar-refractivity contribution in [1.29, 1.82) is 0 Å². The van der Waals surface area contributed by atoms with Crippen LogP contribution in [0.2, 0.25) is 0 Å². The first-order valence-corrected chi connectivity index (χ1v) is 9.05. The van der Waals surface area contributed by atoms with Crippen LogP contribution in [-0.2, 0) is 4.79 Å². The van der Waals surface area contributed by atoms with Gasteiger partial charge in [-0.1, -0.05) is 96.8 Å². The smallest absolute Gasteiger partial charge is 1.00 e. The van der Waals surface area contributed by atoms with E-state index in [-0.39, 0.29) is 46.5 Å². The molecule has 0 radical (unpaired) electrons. The maximum Gasteiger partial charge on any atom is 2.00 e. The molecule has 0 aromatic carbocycles. The van der Waals surface area contributed by atoms with E-state index < -0.39 is 0 Å². The van der Waals surface area contributed by atoms with Gasteiger partial charge in [0.05, 0.1) is 0 Å². The number of carbonyl (C=O) groups is 1. The number of amides is 1. The van der Waals surface area contributed by atoms with E-state index in [1.165, 1.54) is 89.9 Å². The summed E-state index contributed by atoms with van der Waals surface area (Å²) in [4.78, 5) is 10.6. The van der Waals surface area contributed by atoms with Gasteiger partial charge in [-0.2, -0.15) is 0 Å². The maximum atomic E-state index is 10.6. The third-order valence-electron chi connectivity index (χ3n) is 4.03. The zero-order chi connectivity index (χ0) is 14.9. The zero-order valence-corrected chi connectivity index (χ0v) is 16.7. The third-order valence-corrected chi connectivity index (χ3v) is 4.03. The molecule has 0 saturated heterocycles. The molecule has 0 aliphatic carbocycles. The van der Waals surface area contributed by atoms with Gasteiger partial charge < -0.3 is 8.59 Å². The molecule has 0 aliphatic heterocycles. The molecule has 0 heterocycles. The second-order valence-corrected chi connectivity index (χ2v) is 6.17. The van der Waals surface area contributed by atoms with Gasteiger partial charge in [0.2, 0.25) is 5.91 Å². The summed E-state index contributed by atoms with van der Waals surface area (Å²) < 4.78 is 0. The molecule has 0 atom stereocenters. The molecule has 0 bridgehead atoms. The average Bonchev–Trinajstić information content (AvgIpc) is 2.43. The summed E-state index contributed by atoms with van der Waals surface area (Å²) in [6.07, 6.45) is 20.9. The van der Waals surface area contributed by atoms with Crippen molar-refractivity contribution in [2.45, 2.75) is 110 Å². The molecular weight excluding hydrogens is 286 g/mol. The topological polar surface area (TPSA) is 43.1 Å². The van der Waals surface area contributed by atoms with Crippen molar-refractivity contribution >= 4 is 43.6 Å². The summed E-state index contributed by atoms with van der Waals surface area (Å²) in [6, 6.07) is 0. The van der Waals surface area contributed by atoms with E-state index in [0.29, 0.717) is 6.42 Å². The predicted octanol–water partition coefficient (Wildman–Crippen LogP) is 5.58. The van der Waals surface area contributed by atoms with Gasteiger partial charge in [0.15, 0.2) is 0 Å². The van der Waals surface area contributed by atoms with Gasteiger partial charge in [0.1, 0.15) is 0 Å². The molecule has 1 amide bonds. The number of carbonyl (C=O) groups excluding carboxylic acids is 1. The van der Waals surface area contributed by atoms with Crippen molar-refractivity contribution in [3.05, 3.63) is 0 Å². The fraction of sp³-hybridized carbons (Fsp3) is 0.944. The molecule has 0 rings (SSSR count). The molecule has 0 aromatic rings. The number of rotatable bonds is 16. The Balaban J connectivity index is -0.000000602. The predicted molar refractivity (Wildman–Crippen MR) is 96.7 cm³/mol. The van der Waals surface area contributed by atoms with Crippen molar-refractivity contribution in [2.75, 3.05) is 0 Å². The van der Waals surface area contributed by atoms with Crippen LogP contribution in [0.1, 0.15) is 113 Å². The van der Waals surface area contributed by atoms with E-state index in [1.807, 2.05) is 0 Å². The Morgan fingerprint density at radius 3 is 1.24 bits per heavy atom. The van der Waals surface area contributed by atoms with Crippen LogP contribution in [0.25, 0.3) is 0 Å². The second kappa shape index (κ2) is 20.7. The monoisotopic (exact) mass is 325 g/mol. The molecule has 21 heavy (non-hydrogen) atoms. The van der Waals surface area contributed by atoms with Gasteiger partial charge in [-0.3, -0.25) is 4.79 Å². The van der Waals surface area contributed by atoms with Crippen molar-refractivity contribution in [3.63, 3.8) is 0 Å². The van der Waals surface area contributed by atoms with Crippen LogP contribution in [0.5, 0.6) is 0 Å².